The number of fused-ring (bicyclic) bond motifs is 2. The zero-order valence-electron chi connectivity index (χ0n) is 20.7. The summed E-state index contributed by atoms with van der Waals surface area (Å²) in [7, 11) is 0. The highest BCUT2D eigenvalue weighted by molar-refractivity contribution is 7.59. The van der Waals surface area contributed by atoms with Crippen LogP contribution in [0.25, 0.3) is 33.8 Å². The summed E-state index contributed by atoms with van der Waals surface area (Å²) >= 11 is 6.07. The lowest BCUT2D eigenvalue weighted by Crippen LogP contribution is -2.36. The summed E-state index contributed by atoms with van der Waals surface area (Å²) in [6.07, 6.45) is 4.37. The maximum absolute atomic E-state index is 13.7. The minimum Gasteiger partial charge on any atom is -0.320 e. The van der Waals surface area contributed by atoms with Gasteiger partial charge in [-0.05, 0) is 58.3 Å². The lowest BCUT2D eigenvalue weighted by atomic mass is 9.99. The minimum absolute atomic E-state index is 0. The fourth-order valence-corrected chi connectivity index (χ4v) is 4.92. The highest BCUT2D eigenvalue weighted by Gasteiger charge is 2.47. The van der Waals surface area contributed by atoms with Crippen molar-refractivity contribution in [2.45, 2.75) is 31.2 Å². The Balaban J connectivity index is 0.00000353. The molecule has 0 saturated carbocycles. The Bertz CT molecular complexity index is 1650. The van der Waals surface area contributed by atoms with Crippen molar-refractivity contribution in [1.29, 1.82) is 5.26 Å². The van der Waals surface area contributed by atoms with Gasteiger partial charge in [-0.2, -0.15) is 18.8 Å². The number of nitriles is 1. The SMILES string of the molecule is N#C[C@@H]1CC(F)(F)CN1C(=O)CCC(=O)c1ccnc2ccc(/C=C/c3ccc4cc(Cl)ccc4c3)cc12.S. The summed E-state index contributed by atoms with van der Waals surface area (Å²) in [6.45, 7) is -0.795. The number of carbonyl (C=O) groups excluding carboxylic acids is 2. The maximum Gasteiger partial charge on any atom is 0.268 e. The Kier molecular flexibility index (Phi) is 8.34. The van der Waals surface area contributed by atoms with Crippen LogP contribution in [-0.2, 0) is 4.79 Å². The summed E-state index contributed by atoms with van der Waals surface area (Å²) in [5.41, 5.74) is 2.90. The molecule has 4 aromatic rings. The van der Waals surface area contributed by atoms with Crippen molar-refractivity contribution in [1.82, 2.24) is 9.88 Å². The Labute approximate surface area is 236 Å². The number of carbonyl (C=O) groups is 2. The molecule has 1 aliphatic heterocycles. The Hall–Kier alpha value is -3.80. The minimum atomic E-state index is -3.09. The first-order valence-electron chi connectivity index (χ1n) is 12.1. The molecule has 0 spiro atoms. The van der Waals surface area contributed by atoms with E-state index in [0.29, 0.717) is 21.5 Å². The van der Waals surface area contributed by atoms with Crippen molar-refractivity contribution in [2.24, 2.45) is 0 Å². The second-order valence-electron chi connectivity index (χ2n) is 9.37. The largest absolute Gasteiger partial charge is 0.320 e. The van der Waals surface area contributed by atoms with Gasteiger partial charge in [0.25, 0.3) is 5.92 Å². The predicted octanol–water partition coefficient (Wildman–Crippen LogP) is 7.05. The molecule has 0 radical (unpaired) electrons. The summed E-state index contributed by atoms with van der Waals surface area (Å²) in [5.74, 6) is -4.01. The van der Waals surface area contributed by atoms with Gasteiger partial charge in [-0.1, -0.05) is 48.0 Å². The van der Waals surface area contributed by atoms with Gasteiger partial charge in [-0.3, -0.25) is 14.6 Å². The zero-order chi connectivity index (χ0) is 26.9. The van der Waals surface area contributed by atoms with Crippen molar-refractivity contribution in [3.63, 3.8) is 0 Å². The van der Waals surface area contributed by atoms with Gasteiger partial charge in [0.2, 0.25) is 5.91 Å². The smallest absolute Gasteiger partial charge is 0.268 e. The van der Waals surface area contributed by atoms with E-state index in [9.17, 15) is 18.4 Å². The van der Waals surface area contributed by atoms with Crippen molar-refractivity contribution in [2.75, 3.05) is 6.54 Å². The molecule has 0 bridgehead atoms. The molecule has 1 fully saturated rings. The van der Waals surface area contributed by atoms with E-state index >= 15 is 0 Å². The molecule has 1 saturated heterocycles. The van der Waals surface area contributed by atoms with Gasteiger partial charge in [0, 0.05) is 41.4 Å². The number of hydrogen-bond acceptors (Lipinski definition) is 4. The number of halogens is 3. The second kappa shape index (κ2) is 11.5. The van der Waals surface area contributed by atoms with Gasteiger partial charge in [0.05, 0.1) is 18.1 Å². The number of nitrogens with zero attached hydrogens (tertiary/aromatic N) is 3. The number of rotatable bonds is 6. The summed E-state index contributed by atoms with van der Waals surface area (Å²) in [4.78, 5) is 30.8. The Morgan fingerprint density at radius 3 is 2.49 bits per heavy atom. The summed E-state index contributed by atoms with van der Waals surface area (Å²) in [6, 6.07) is 19.6. The van der Waals surface area contributed by atoms with Gasteiger partial charge in [-0.25, -0.2) is 8.78 Å². The van der Waals surface area contributed by atoms with Crippen LogP contribution in [0.5, 0.6) is 0 Å². The molecule has 39 heavy (non-hydrogen) atoms. The first-order chi connectivity index (χ1) is 18.2. The zero-order valence-corrected chi connectivity index (χ0v) is 22.5. The van der Waals surface area contributed by atoms with Gasteiger partial charge in [0.15, 0.2) is 5.78 Å². The topological polar surface area (TPSA) is 74.1 Å². The average molecular weight is 564 g/mol. The number of ketones is 1. The molecule has 5 rings (SSSR count). The van der Waals surface area contributed by atoms with Crippen LogP contribution >= 0.6 is 25.1 Å². The predicted molar refractivity (Wildman–Crippen MR) is 154 cm³/mol. The molecule has 2 heterocycles. The van der Waals surface area contributed by atoms with Crippen LogP contribution in [0, 0.1) is 11.3 Å². The fraction of sp³-hybridized carbons (Fsp3) is 0.200. The molecule has 198 valence electrons. The van der Waals surface area contributed by atoms with Crippen LogP contribution in [-0.4, -0.2) is 40.1 Å². The monoisotopic (exact) mass is 563 g/mol. The number of amides is 1. The second-order valence-corrected chi connectivity index (χ2v) is 9.81. The van der Waals surface area contributed by atoms with Crippen LogP contribution < -0.4 is 0 Å². The van der Waals surface area contributed by atoms with E-state index in [1.165, 1.54) is 6.20 Å². The lowest BCUT2D eigenvalue weighted by molar-refractivity contribution is -0.132. The van der Waals surface area contributed by atoms with Gasteiger partial charge < -0.3 is 4.90 Å². The molecular weight excluding hydrogens is 540 g/mol. The number of likely N-dealkylation sites (tertiary alicyclic amines) is 1. The molecule has 1 aliphatic rings. The molecule has 0 N–H and O–H groups in total. The van der Waals surface area contributed by atoms with E-state index in [-0.39, 0.29) is 32.1 Å². The Morgan fingerprint density at radius 1 is 1.03 bits per heavy atom. The fourth-order valence-electron chi connectivity index (χ4n) is 4.73. The van der Waals surface area contributed by atoms with Crippen LogP contribution in [0.15, 0.2) is 66.9 Å². The molecule has 0 unspecified atom stereocenters. The summed E-state index contributed by atoms with van der Waals surface area (Å²) in [5, 5.41) is 12.6. The van der Waals surface area contributed by atoms with E-state index in [4.69, 9.17) is 16.9 Å². The first-order valence-corrected chi connectivity index (χ1v) is 12.5. The third-order valence-electron chi connectivity index (χ3n) is 6.67. The van der Waals surface area contributed by atoms with E-state index in [0.717, 1.165) is 26.8 Å². The number of pyridine rings is 1. The van der Waals surface area contributed by atoms with Crippen molar-refractivity contribution >= 4 is 70.6 Å². The molecule has 9 heteroatoms. The molecule has 1 atom stereocenters. The van der Waals surface area contributed by atoms with E-state index in [1.54, 1.807) is 12.1 Å². The highest BCUT2D eigenvalue weighted by atomic mass is 35.5. The van der Waals surface area contributed by atoms with Crippen molar-refractivity contribution in [3.8, 4) is 6.07 Å². The van der Waals surface area contributed by atoms with Crippen molar-refractivity contribution in [3.05, 3.63) is 88.6 Å². The normalized spacial score (nSPS) is 16.4. The van der Waals surface area contributed by atoms with E-state index < -0.39 is 30.8 Å². The Morgan fingerprint density at radius 2 is 1.72 bits per heavy atom. The molecular formula is C30H24ClF2N3O2S. The lowest BCUT2D eigenvalue weighted by Gasteiger charge is -2.18. The number of aromatic nitrogens is 1. The van der Waals surface area contributed by atoms with Crippen LogP contribution in [0.2, 0.25) is 5.02 Å². The van der Waals surface area contributed by atoms with E-state index in [2.05, 4.69) is 11.1 Å². The molecule has 1 amide bonds. The number of alkyl halides is 2. The standard InChI is InChI=1S/C30H22ClF2N3O2.H2S/c31-23-7-6-21-13-19(3-5-22(21)15-23)1-2-20-4-8-27-26(14-20)25(11-12-35-27)28(37)9-10-29(38)36-18-30(32,33)16-24(36)17-34;/h1-8,11-15,24H,9-10,16,18H2;1H2/b2-1+;/t24-;/m0./s1. The maximum atomic E-state index is 13.7. The van der Waals surface area contributed by atoms with Crippen LogP contribution in [0.3, 0.4) is 0 Å². The first kappa shape index (κ1) is 28.2. The van der Waals surface area contributed by atoms with Gasteiger partial charge >= 0.3 is 0 Å². The molecule has 1 aromatic heterocycles. The number of Topliss-reactive ketones (excluding diaryl/α,β-unsaturated/α-hetero) is 1. The number of benzene rings is 3. The van der Waals surface area contributed by atoms with E-state index in [1.807, 2.05) is 60.7 Å². The van der Waals surface area contributed by atoms with Crippen LogP contribution in [0.1, 0.15) is 40.7 Å². The average Bonchev–Trinajstić information content (AvgIpc) is 3.24. The summed E-state index contributed by atoms with van der Waals surface area (Å²) < 4.78 is 27.4. The third kappa shape index (κ3) is 6.27. The number of hydrogen-bond donors (Lipinski definition) is 0. The molecule has 3 aromatic carbocycles. The third-order valence-corrected chi connectivity index (χ3v) is 6.90. The van der Waals surface area contributed by atoms with Crippen molar-refractivity contribution < 1.29 is 18.4 Å². The molecule has 5 nitrogen and oxygen atoms in total. The van der Waals surface area contributed by atoms with Gasteiger partial charge in [0.1, 0.15) is 6.04 Å². The highest BCUT2D eigenvalue weighted by Crippen LogP contribution is 2.32. The molecule has 0 aliphatic carbocycles. The van der Waals surface area contributed by atoms with Gasteiger partial charge in [-0.15, -0.1) is 0 Å². The quantitative estimate of drug-likeness (QED) is 0.186. The van der Waals surface area contributed by atoms with Crippen LogP contribution in [0.4, 0.5) is 8.78 Å².